The van der Waals surface area contributed by atoms with Gasteiger partial charge >= 0.3 is 5.97 Å². The molecule has 9 heteroatoms. The van der Waals surface area contributed by atoms with Crippen LogP contribution >= 0.6 is 22.7 Å². The van der Waals surface area contributed by atoms with Crippen LogP contribution in [0.3, 0.4) is 0 Å². The molecule has 6 nitrogen and oxygen atoms in total. The summed E-state index contributed by atoms with van der Waals surface area (Å²) in [6.45, 7) is 2.06. The van der Waals surface area contributed by atoms with Crippen LogP contribution in [0.5, 0.6) is 0 Å². The highest BCUT2D eigenvalue weighted by atomic mass is 32.2. The summed E-state index contributed by atoms with van der Waals surface area (Å²) >= 11 is 2.27. The van der Waals surface area contributed by atoms with Crippen LogP contribution in [0.1, 0.15) is 20.2 Å². The van der Waals surface area contributed by atoms with E-state index >= 15 is 0 Å². The van der Waals surface area contributed by atoms with Gasteiger partial charge in [-0.1, -0.05) is 0 Å². The van der Waals surface area contributed by atoms with Gasteiger partial charge in [0.2, 0.25) is 0 Å². The molecule has 0 aliphatic carbocycles. The van der Waals surface area contributed by atoms with Crippen LogP contribution in [0.2, 0.25) is 0 Å². The van der Waals surface area contributed by atoms with E-state index in [1.807, 2.05) is 19.1 Å². The van der Waals surface area contributed by atoms with Crippen molar-refractivity contribution in [3.8, 4) is 0 Å². The minimum atomic E-state index is -3.85. The normalized spacial score (nSPS) is 11.6. The van der Waals surface area contributed by atoms with Crippen molar-refractivity contribution in [2.24, 2.45) is 0 Å². The first-order valence-electron chi connectivity index (χ1n) is 5.12. The highest BCUT2D eigenvalue weighted by Crippen LogP contribution is 2.21. The smallest absolute Gasteiger partial charge is 0.356 e. The van der Waals surface area contributed by atoms with Crippen molar-refractivity contribution in [2.45, 2.75) is 17.7 Å². The van der Waals surface area contributed by atoms with Gasteiger partial charge in [0.05, 0.1) is 5.51 Å². The van der Waals surface area contributed by atoms with Gasteiger partial charge in [-0.05, 0) is 19.1 Å². The summed E-state index contributed by atoms with van der Waals surface area (Å²) in [5.74, 6) is -1.35. The lowest BCUT2D eigenvalue weighted by atomic mass is 10.4. The van der Waals surface area contributed by atoms with Crippen LogP contribution in [0, 0.1) is 6.92 Å². The van der Waals surface area contributed by atoms with Crippen LogP contribution in [-0.4, -0.2) is 24.5 Å². The molecule has 0 saturated heterocycles. The molecule has 0 radical (unpaired) electrons. The summed E-state index contributed by atoms with van der Waals surface area (Å²) in [6, 6.07) is 3.72. The van der Waals surface area contributed by atoms with Gasteiger partial charge in [-0.25, -0.2) is 22.9 Å². The fourth-order valence-corrected chi connectivity index (χ4v) is 4.49. The zero-order valence-corrected chi connectivity index (χ0v) is 12.2. The van der Waals surface area contributed by atoms with E-state index in [1.54, 1.807) is 0 Å². The van der Waals surface area contributed by atoms with Gasteiger partial charge in [-0.3, -0.25) is 0 Å². The molecule has 2 N–H and O–H groups in total. The van der Waals surface area contributed by atoms with Gasteiger partial charge in [0.1, 0.15) is 0 Å². The molecule has 0 atom stereocenters. The number of thiophene rings is 1. The van der Waals surface area contributed by atoms with E-state index in [0.29, 0.717) is 0 Å². The number of nitrogens with one attached hydrogen (secondary N) is 1. The number of carbonyl (C=O) groups is 1. The first-order chi connectivity index (χ1) is 8.90. The number of nitrogens with zero attached hydrogens (tertiary/aromatic N) is 1. The maximum atomic E-state index is 12.0. The van der Waals surface area contributed by atoms with Crippen molar-refractivity contribution in [2.75, 3.05) is 0 Å². The van der Waals surface area contributed by atoms with Crippen molar-refractivity contribution in [3.63, 3.8) is 0 Å². The fraction of sp³-hybridized carbons (Fsp3) is 0.200. The molecule has 0 saturated carbocycles. The minimum absolute atomic E-state index is 0.137. The second kappa shape index (κ2) is 5.37. The number of aryl methyl sites for hydroxylation is 1. The second-order valence-corrected chi connectivity index (χ2v) is 7.82. The highest BCUT2D eigenvalue weighted by Gasteiger charge is 2.25. The quantitative estimate of drug-likeness (QED) is 0.874. The first kappa shape index (κ1) is 14.1. The Morgan fingerprint density at radius 3 is 2.79 bits per heavy atom. The summed E-state index contributed by atoms with van der Waals surface area (Å²) in [5, 5.41) is 8.86. The lowest BCUT2D eigenvalue weighted by Crippen LogP contribution is -2.23. The molecule has 2 heterocycles. The number of thiazole rings is 1. The Balaban J connectivity index is 2.18. The Morgan fingerprint density at radius 1 is 1.47 bits per heavy atom. The molecular formula is C10H10N2O4S3. The van der Waals surface area contributed by atoms with Crippen molar-refractivity contribution < 1.29 is 18.3 Å². The van der Waals surface area contributed by atoms with E-state index in [4.69, 9.17) is 5.11 Å². The molecule has 102 valence electrons. The topological polar surface area (TPSA) is 96.4 Å². The Kier molecular flexibility index (Phi) is 3.99. The van der Waals surface area contributed by atoms with Crippen LogP contribution in [-0.2, 0) is 16.6 Å². The van der Waals surface area contributed by atoms with Gasteiger partial charge in [0.15, 0.2) is 9.90 Å². The van der Waals surface area contributed by atoms with Gasteiger partial charge in [-0.2, -0.15) is 0 Å². The molecule has 2 aromatic heterocycles. The molecule has 0 aromatic carbocycles. The Bertz CT molecular complexity index is 702. The largest absolute Gasteiger partial charge is 0.476 e. The number of rotatable bonds is 5. The molecule has 0 spiro atoms. The van der Waals surface area contributed by atoms with Gasteiger partial charge in [-0.15, -0.1) is 22.7 Å². The SMILES string of the molecule is Cc1ccc(CNS(=O)(=O)c2scnc2C(=O)O)s1. The lowest BCUT2D eigenvalue weighted by molar-refractivity contribution is 0.0687. The maximum absolute atomic E-state index is 12.0. The van der Waals surface area contributed by atoms with E-state index in [0.717, 1.165) is 21.1 Å². The third-order valence-electron chi connectivity index (χ3n) is 2.21. The third-order valence-corrected chi connectivity index (χ3v) is 5.99. The van der Waals surface area contributed by atoms with Crippen molar-refractivity contribution in [1.29, 1.82) is 0 Å². The Morgan fingerprint density at radius 2 is 2.21 bits per heavy atom. The number of sulfonamides is 1. The Hall–Kier alpha value is -1.29. The molecular weight excluding hydrogens is 308 g/mol. The number of aromatic nitrogens is 1. The molecule has 0 unspecified atom stereocenters. The molecule has 0 amide bonds. The van der Waals surface area contributed by atoms with Crippen LogP contribution < -0.4 is 4.72 Å². The molecule has 19 heavy (non-hydrogen) atoms. The number of hydrogen-bond donors (Lipinski definition) is 2. The van der Waals surface area contributed by atoms with Crippen molar-refractivity contribution >= 4 is 38.7 Å². The van der Waals surface area contributed by atoms with Gasteiger partial charge < -0.3 is 5.11 Å². The van der Waals surface area contributed by atoms with Crippen molar-refractivity contribution in [3.05, 3.63) is 33.1 Å². The lowest BCUT2D eigenvalue weighted by Gasteiger charge is -2.03. The van der Waals surface area contributed by atoms with Gasteiger partial charge in [0, 0.05) is 16.3 Å². The second-order valence-electron chi connectivity index (χ2n) is 3.63. The van der Waals surface area contributed by atoms with E-state index in [2.05, 4.69) is 9.71 Å². The van der Waals surface area contributed by atoms with E-state index in [1.165, 1.54) is 16.8 Å². The number of aromatic carboxylic acids is 1. The molecule has 2 aromatic rings. The summed E-state index contributed by atoms with van der Waals surface area (Å²) in [4.78, 5) is 16.3. The van der Waals surface area contributed by atoms with Crippen molar-refractivity contribution in [1.82, 2.24) is 9.71 Å². The number of carboxylic acid groups (broad SMARTS) is 1. The van der Waals surface area contributed by atoms with Crippen LogP contribution in [0.4, 0.5) is 0 Å². The highest BCUT2D eigenvalue weighted by molar-refractivity contribution is 7.91. The summed E-state index contributed by atoms with van der Waals surface area (Å²) in [6.07, 6.45) is 0. The van der Waals surface area contributed by atoms with E-state index < -0.39 is 21.7 Å². The maximum Gasteiger partial charge on any atom is 0.356 e. The summed E-state index contributed by atoms with van der Waals surface area (Å²) in [5.41, 5.74) is 0.757. The third kappa shape index (κ3) is 3.18. The fourth-order valence-electron chi connectivity index (χ4n) is 1.38. The average molecular weight is 318 g/mol. The monoisotopic (exact) mass is 318 g/mol. The first-order valence-corrected chi connectivity index (χ1v) is 8.30. The molecule has 0 aliphatic heterocycles. The summed E-state index contributed by atoms with van der Waals surface area (Å²) < 4.78 is 26.1. The van der Waals surface area contributed by atoms with E-state index in [9.17, 15) is 13.2 Å². The zero-order chi connectivity index (χ0) is 14.0. The molecule has 0 fully saturated rings. The van der Waals surface area contributed by atoms with Gasteiger partial charge in [0.25, 0.3) is 10.0 Å². The minimum Gasteiger partial charge on any atom is -0.476 e. The predicted molar refractivity (Wildman–Crippen MR) is 72.2 cm³/mol. The average Bonchev–Trinajstić information content (AvgIpc) is 2.94. The predicted octanol–water partition coefficient (Wildman–Crippen LogP) is 1.69. The zero-order valence-electron chi connectivity index (χ0n) is 9.78. The molecule has 2 rings (SSSR count). The van der Waals surface area contributed by atoms with Crippen LogP contribution in [0.15, 0.2) is 21.9 Å². The molecule has 0 aliphatic rings. The number of carboxylic acids is 1. The van der Waals surface area contributed by atoms with Crippen LogP contribution in [0.25, 0.3) is 0 Å². The Labute approximate surface area is 117 Å². The standard InChI is InChI=1S/C10H10N2O4S3/c1-6-2-3-7(18-6)4-12-19(15,16)10-8(9(13)14)11-5-17-10/h2-3,5,12H,4H2,1H3,(H,13,14). The van der Waals surface area contributed by atoms with E-state index in [-0.39, 0.29) is 10.8 Å². The molecule has 0 bridgehead atoms. The number of hydrogen-bond acceptors (Lipinski definition) is 6. The summed E-state index contributed by atoms with van der Waals surface area (Å²) in [7, 11) is -3.85.